The Labute approximate surface area is 178 Å². The van der Waals surface area contributed by atoms with Gasteiger partial charge in [-0.05, 0) is 42.5 Å². The molecule has 29 heavy (non-hydrogen) atoms. The Balaban J connectivity index is 1.82. The van der Waals surface area contributed by atoms with Gasteiger partial charge in [0.05, 0.1) is 9.95 Å². The number of benzene rings is 2. The van der Waals surface area contributed by atoms with Crippen LogP contribution in [0.3, 0.4) is 0 Å². The van der Waals surface area contributed by atoms with Gasteiger partial charge in [0.25, 0.3) is 11.6 Å². The summed E-state index contributed by atoms with van der Waals surface area (Å²) in [4.78, 5) is 22.6. The normalized spacial score (nSPS) is 11.0. The highest BCUT2D eigenvalue weighted by molar-refractivity contribution is 9.10. The van der Waals surface area contributed by atoms with Gasteiger partial charge in [0, 0.05) is 33.9 Å². The van der Waals surface area contributed by atoms with Crippen LogP contribution in [0.4, 0.5) is 11.4 Å². The maximum atomic E-state index is 12.3. The van der Waals surface area contributed by atoms with Gasteiger partial charge in [-0.15, -0.1) is 0 Å². The van der Waals surface area contributed by atoms with Crippen LogP contribution in [0.1, 0.15) is 5.76 Å². The number of nitrogens with zero attached hydrogens (tertiary/aromatic N) is 2. The number of nitro groups is 1. The lowest BCUT2D eigenvalue weighted by atomic mass is 10.1. The van der Waals surface area contributed by atoms with E-state index in [0.717, 1.165) is 4.47 Å². The van der Waals surface area contributed by atoms with E-state index >= 15 is 0 Å². The molecule has 0 saturated carbocycles. The Hall–Kier alpha value is -3.41. The fourth-order valence-corrected chi connectivity index (χ4v) is 2.95. The first-order valence-electron chi connectivity index (χ1n) is 8.10. The summed E-state index contributed by atoms with van der Waals surface area (Å²) in [6, 6.07) is 15.9. The molecule has 0 fully saturated rings. The number of non-ortho nitro benzene ring substituents is 1. The molecule has 3 aromatic rings. The summed E-state index contributed by atoms with van der Waals surface area (Å²) in [5.74, 6) is 0.0276. The van der Waals surface area contributed by atoms with E-state index in [4.69, 9.17) is 16.0 Å². The Kier molecular flexibility index (Phi) is 6.12. The summed E-state index contributed by atoms with van der Waals surface area (Å²) < 4.78 is 6.49. The van der Waals surface area contributed by atoms with Crippen LogP contribution in [-0.2, 0) is 4.79 Å². The quantitative estimate of drug-likeness (QED) is 0.218. The number of carbonyl (C=O) groups is 1. The molecule has 3 rings (SSSR count). The SMILES string of the molecule is N#C/C(=C/c1ccc(-c2ccc([N+](=O)[O-])cc2Cl)o1)C(=O)Nc1ccc(Br)cc1. The number of nitriles is 1. The second-order valence-corrected chi connectivity index (χ2v) is 7.08. The van der Waals surface area contributed by atoms with E-state index in [1.807, 2.05) is 6.07 Å². The molecule has 0 radical (unpaired) electrons. The second kappa shape index (κ2) is 8.73. The summed E-state index contributed by atoms with van der Waals surface area (Å²) >= 11 is 9.41. The molecule has 0 aliphatic heterocycles. The molecule has 0 unspecified atom stereocenters. The van der Waals surface area contributed by atoms with Crippen LogP contribution in [0, 0.1) is 21.4 Å². The maximum Gasteiger partial charge on any atom is 0.270 e. The van der Waals surface area contributed by atoms with E-state index in [0.29, 0.717) is 17.0 Å². The monoisotopic (exact) mass is 471 g/mol. The van der Waals surface area contributed by atoms with Gasteiger partial charge in [0.15, 0.2) is 0 Å². The van der Waals surface area contributed by atoms with Crippen LogP contribution in [0.5, 0.6) is 0 Å². The molecule has 7 nitrogen and oxygen atoms in total. The Morgan fingerprint density at radius 3 is 2.55 bits per heavy atom. The first-order chi connectivity index (χ1) is 13.9. The number of nitro benzene ring substituents is 1. The third-order valence-electron chi connectivity index (χ3n) is 3.81. The number of rotatable bonds is 5. The van der Waals surface area contributed by atoms with Crippen molar-refractivity contribution < 1.29 is 14.1 Å². The summed E-state index contributed by atoms with van der Waals surface area (Å²) in [6.45, 7) is 0. The first-order valence-corrected chi connectivity index (χ1v) is 9.27. The van der Waals surface area contributed by atoms with Crippen molar-refractivity contribution in [2.45, 2.75) is 0 Å². The smallest absolute Gasteiger partial charge is 0.270 e. The topological polar surface area (TPSA) is 109 Å². The van der Waals surface area contributed by atoms with Gasteiger partial charge >= 0.3 is 0 Å². The van der Waals surface area contributed by atoms with E-state index in [9.17, 15) is 20.2 Å². The second-order valence-electron chi connectivity index (χ2n) is 5.75. The van der Waals surface area contributed by atoms with E-state index in [2.05, 4.69) is 21.2 Å². The fourth-order valence-electron chi connectivity index (χ4n) is 2.42. The molecule has 144 valence electrons. The standard InChI is InChI=1S/C20H11BrClN3O4/c21-13-1-3-14(4-2-13)24-20(26)12(11-23)9-16-6-8-19(29-16)17-7-5-15(25(27)28)10-18(17)22/h1-10H,(H,24,26)/b12-9-. The van der Waals surface area contributed by atoms with Gasteiger partial charge in [-0.25, -0.2) is 0 Å². The van der Waals surface area contributed by atoms with E-state index in [1.165, 1.54) is 24.3 Å². The number of anilines is 1. The Bertz CT molecular complexity index is 1160. The molecule has 1 amide bonds. The lowest BCUT2D eigenvalue weighted by Gasteiger charge is -2.04. The highest BCUT2D eigenvalue weighted by atomic mass is 79.9. The highest BCUT2D eigenvalue weighted by Gasteiger charge is 2.15. The molecule has 0 spiro atoms. The molecule has 1 heterocycles. The summed E-state index contributed by atoms with van der Waals surface area (Å²) in [5.41, 5.74) is 0.706. The number of halogens is 2. The zero-order valence-electron chi connectivity index (χ0n) is 14.6. The number of carbonyl (C=O) groups excluding carboxylic acids is 1. The van der Waals surface area contributed by atoms with Gasteiger partial charge in [-0.3, -0.25) is 14.9 Å². The van der Waals surface area contributed by atoms with Crippen molar-refractivity contribution in [3.05, 3.63) is 85.5 Å². The highest BCUT2D eigenvalue weighted by Crippen LogP contribution is 2.32. The zero-order chi connectivity index (χ0) is 21.0. The Morgan fingerprint density at radius 1 is 1.21 bits per heavy atom. The van der Waals surface area contributed by atoms with Crippen molar-refractivity contribution in [3.63, 3.8) is 0 Å². The van der Waals surface area contributed by atoms with Crippen LogP contribution >= 0.6 is 27.5 Å². The molecule has 0 saturated heterocycles. The molecule has 0 aliphatic rings. The molecule has 0 bridgehead atoms. The zero-order valence-corrected chi connectivity index (χ0v) is 16.9. The largest absolute Gasteiger partial charge is 0.457 e. The molecule has 0 aliphatic carbocycles. The molecule has 9 heteroatoms. The minimum atomic E-state index is -0.582. The predicted molar refractivity (Wildman–Crippen MR) is 112 cm³/mol. The van der Waals surface area contributed by atoms with Crippen molar-refractivity contribution in [1.82, 2.24) is 0 Å². The van der Waals surface area contributed by atoms with Crippen LogP contribution < -0.4 is 5.32 Å². The first kappa shape index (κ1) is 20.3. The maximum absolute atomic E-state index is 12.3. The van der Waals surface area contributed by atoms with Crippen molar-refractivity contribution in [2.75, 3.05) is 5.32 Å². The van der Waals surface area contributed by atoms with Gasteiger partial charge in [-0.2, -0.15) is 5.26 Å². The molecular formula is C20H11BrClN3O4. The minimum Gasteiger partial charge on any atom is -0.457 e. The Morgan fingerprint density at radius 2 is 1.93 bits per heavy atom. The van der Waals surface area contributed by atoms with Crippen LogP contribution in [0.2, 0.25) is 5.02 Å². The van der Waals surface area contributed by atoms with E-state index < -0.39 is 10.8 Å². The van der Waals surface area contributed by atoms with Crippen LogP contribution in [0.15, 0.2) is 69.1 Å². The molecule has 1 N–H and O–H groups in total. The lowest BCUT2D eigenvalue weighted by molar-refractivity contribution is -0.384. The van der Waals surface area contributed by atoms with Crippen LogP contribution in [0.25, 0.3) is 17.4 Å². The third-order valence-corrected chi connectivity index (χ3v) is 4.65. The molecule has 0 atom stereocenters. The predicted octanol–water partition coefficient (Wildman–Crippen LogP) is 5.82. The average molecular weight is 473 g/mol. The lowest BCUT2D eigenvalue weighted by Crippen LogP contribution is -2.13. The van der Waals surface area contributed by atoms with Crippen molar-refractivity contribution >= 4 is 50.9 Å². The van der Waals surface area contributed by atoms with Gasteiger partial charge in [0.2, 0.25) is 0 Å². The van der Waals surface area contributed by atoms with Crippen molar-refractivity contribution in [2.24, 2.45) is 0 Å². The summed E-state index contributed by atoms with van der Waals surface area (Å²) in [5, 5.41) is 22.9. The number of hydrogen-bond acceptors (Lipinski definition) is 5. The van der Waals surface area contributed by atoms with E-state index in [-0.39, 0.29) is 22.0 Å². The summed E-state index contributed by atoms with van der Waals surface area (Å²) in [7, 11) is 0. The number of amides is 1. The molecular weight excluding hydrogens is 462 g/mol. The van der Waals surface area contributed by atoms with Crippen LogP contribution in [-0.4, -0.2) is 10.8 Å². The van der Waals surface area contributed by atoms with Crippen molar-refractivity contribution in [3.8, 4) is 17.4 Å². The van der Waals surface area contributed by atoms with Crippen molar-refractivity contribution in [1.29, 1.82) is 5.26 Å². The molecule has 2 aromatic carbocycles. The minimum absolute atomic E-state index is 0.137. The number of nitrogens with one attached hydrogen (secondary N) is 1. The number of furan rings is 1. The third kappa shape index (κ3) is 4.90. The van der Waals surface area contributed by atoms with E-state index in [1.54, 1.807) is 36.4 Å². The summed E-state index contributed by atoms with van der Waals surface area (Å²) in [6.07, 6.45) is 1.30. The van der Waals surface area contributed by atoms with Gasteiger partial charge < -0.3 is 9.73 Å². The fraction of sp³-hybridized carbons (Fsp3) is 0. The van der Waals surface area contributed by atoms with Gasteiger partial charge in [0.1, 0.15) is 23.2 Å². The molecule has 1 aromatic heterocycles. The average Bonchev–Trinajstić information content (AvgIpc) is 3.16. The van der Waals surface area contributed by atoms with Gasteiger partial charge in [-0.1, -0.05) is 27.5 Å². The number of hydrogen-bond donors (Lipinski definition) is 1.